The predicted octanol–water partition coefficient (Wildman–Crippen LogP) is 4.82. The monoisotopic (exact) mass is 461 g/mol. The molecule has 0 radical (unpaired) electrons. The maximum absolute atomic E-state index is 13.2. The van der Waals surface area contributed by atoms with Crippen LogP contribution in [0.2, 0.25) is 0 Å². The molecule has 2 aromatic carbocycles. The van der Waals surface area contributed by atoms with E-state index >= 15 is 0 Å². The van der Waals surface area contributed by atoms with E-state index in [4.69, 9.17) is 4.74 Å². The van der Waals surface area contributed by atoms with E-state index in [2.05, 4.69) is 22.6 Å². The minimum absolute atomic E-state index is 0.237. The molecule has 25 heavy (non-hydrogen) atoms. The lowest BCUT2D eigenvalue weighted by molar-refractivity contribution is -0.152. The molecule has 1 aliphatic heterocycles. The summed E-state index contributed by atoms with van der Waals surface area (Å²) < 4.78 is 46.3. The molecule has 0 saturated carbocycles. The zero-order valence-corrected chi connectivity index (χ0v) is 15.9. The molecule has 0 spiro atoms. The van der Waals surface area contributed by atoms with Crippen LogP contribution < -0.4 is 0 Å². The second kappa shape index (κ2) is 7.63. The average Bonchev–Trinajstić information content (AvgIpc) is 2.70. The summed E-state index contributed by atoms with van der Waals surface area (Å²) in [5.74, 6) is 0. The summed E-state index contributed by atoms with van der Waals surface area (Å²) in [4.78, 5) is 1.49. The van der Waals surface area contributed by atoms with E-state index in [1.807, 2.05) is 48.5 Å². The van der Waals surface area contributed by atoms with Crippen molar-refractivity contribution in [3.05, 3.63) is 68.8 Å². The first-order valence-electron chi connectivity index (χ1n) is 8.04. The molecule has 134 valence electrons. The highest BCUT2D eigenvalue weighted by molar-refractivity contribution is 14.1. The summed E-state index contributed by atoms with van der Waals surface area (Å²) >= 11 is 2.20. The zero-order valence-electron chi connectivity index (χ0n) is 13.8. The summed E-state index contributed by atoms with van der Waals surface area (Å²) in [7, 11) is 1.56. The molecule has 0 bridgehead atoms. The summed E-state index contributed by atoms with van der Waals surface area (Å²) in [6.07, 6.45) is -3.92. The van der Waals surface area contributed by atoms with Gasteiger partial charge < -0.3 is 4.74 Å². The average molecular weight is 461 g/mol. The lowest BCUT2D eigenvalue weighted by Crippen LogP contribution is -2.41. The molecule has 2 unspecified atom stereocenters. The largest absolute Gasteiger partial charge is 0.401 e. The molecule has 1 aliphatic rings. The molecule has 2 aromatic rings. The number of hydrogen-bond acceptors (Lipinski definition) is 2. The summed E-state index contributed by atoms with van der Waals surface area (Å²) in [5, 5.41) is 0. The van der Waals surface area contributed by atoms with E-state index in [1.165, 1.54) is 4.90 Å². The number of fused-ring (bicyclic) bond motifs is 1. The highest BCUT2D eigenvalue weighted by atomic mass is 127. The summed E-state index contributed by atoms with van der Waals surface area (Å²) in [6, 6.07) is 15.0. The van der Waals surface area contributed by atoms with Gasteiger partial charge in [0.05, 0.1) is 18.7 Å². The van der Waals surface area contributed by atoms with Gasteiger partial charge in [-0.05, 0) is 51.4 Å². The van der Waals surface area contributed by atoms with Crippen molar-refractivity contribution < 1.29 is 17.9 Å². The first-order valence-corrected chi connectivity index (χ1v) is 9.12. The molecule has 0 aromatic heterocycles. The van der Waals surface area contributed by atoms with Crippen molar-refractivity contribution in [3.63, 3.8) is 0 Å². The highest BCUT2D eigenvalue weighted by Crippen LogP contribution is 2.36. The SMILES string of the molecule is COC1Cc2ccccc2C(c2ccc(I)cc2)N(CC(F)(F)F)C1. The van der Waals surface area contributed by atoms with E-state index < -0.39 is 18.8 Å². The van der Waals surface area contributed by atoms with E-state index in [0.29, 0.717) is 6.42 Å². The van der Waals surface area contributed by atoms with Gasteiger partial charge in [0.1, 0.15) is 0 Å². The standard InChI is InChI=1S/C19H19F3INO/c1-25-16-10-14-4-2-3-5-17(14)18(13-6-8-15(23)9-7-13)24(11-16)12-19(20,21)22/h2-9,16,18H,10-12H2,1H3. The first-order chi connectivity index (χ1) is 11.9. The zero-order chi connectivity index (χ0) is 18.0. The van der Waals surface area contributed by atoms with Crippen LogP contribution in [0.4, 0.5) is 13.2 Å². The third kappa shape index (κ3) is 4.54. The van der Waals surface area contributed by atoms with Gasteiger partial charge in [-0.3, -0.25) is 4.90 Å². The molecule has 1 heterocycles. The number of ether oxygens (including phenoxy) is 1. The van der Waals surface area contributed by atoms with Crippen LogP contribution in [-0.4, -0.2) is 37.4 Å². The fourth-order valence-corrected chi connectivity index (χ4v) is 3.80. The van der Waals surface area contributed by atoms with Crippen LogP contribution in [0.15, 0.2) is 48.5 Å². The third-order valence-corrected chi connectivity index (χ3v) is 5.22. The molecule has 0 amide bonds. The van der Waals surface area contributed by atoms with Crippen molar-refractivity contribution >= 4 is 22.6 Å². The number of hydrogen-bond donors (Lipinski definition) is 0. The van der Waals surface area contributed by atoms with Crippen LogP contribution in [0, 0.1) is 3.57 Å². The van der Waals surface area contributed by atoms with Crippen molar-refractivity contribution in [2.24, 2.45) is 0 Å². The van der Waals surface area contributed by atoms with E-state index in [1.54, 1.807) is 7.11 Å². The second-order valence-electron chi connectivity index (χ2n) is 6.26. The van der Waals surface area contributed by atoms with Gasteiger partial charge in [0.2, 0.25) is 0 Å². The number of benzene rings is 2. The van der Waals surface area contributed by atoms with Crippen LogP contribution >= 0.6 is 22.6 Å². The highest BCUT2D eigenvalue weighted by Gasteiger charge is 2.38. The molecular weight excluding hydrogens is 442 g/mol. The smallest absolute Gasteiger partial charge is 0.380 e. The molecule has 2 atom stereocenters. The van der Waals surface area contributed by atoms with E-state index in [0.717, 1.165) is 20.3 Å². The Bertz CT molecular complexity index is 717. The minimum Gasteiger partial charge on any atom is -0.380 e. The van der Waals surface area contributed by atoms with Gasteiger partial charge in [-0.15, -0.1) is 0 Å². The molecule has 0 saturated heterocycles. The third-order valence-electron chi connectivity index (χ3n) is 4.50. The lowest BCUT2D eigenvalue weighted by atomic mass is 9.93. The van der Waals surface area contributed by atoms with Crippen molar-refractivity contribution in [1.29, 1.82) is 0 Å². The molecule has 2 nitrogen and oxygen atoms in total. The molecule has 6 heteroatoms. The van der Waals surface area contributed by atoms with Crippen LogP contribution in [0.25, 0.3) is 0 Å². The van der Waals surface area contributed by atoms with Crippen LogP contribution in [-0.2, 0) is 11.2 Å². The van der Waals surface area contributed by atoms with Crippen molar-refractivity contribution in [1.82, 2.24) is 4.90 Å². The number of alkyl halides is 3. The fraction of sp³-hybridized carbons (Fsp3) is 0.368. The number of rotatable bonds is 3. The van der Waals surface area contributed by atoms with Gasteiger partial charge in [0, 0.05) is 23.6 Å². The minimum atomic E-state index is -4.26. The molecule has 3 rings (SSSR count). The summed E-state index contributed by atoms with van der Waals surface area (Å²) in [6.45, 7) is -0.723. The molecule has 0 fully saturated rings. The summed E-state index contributed by atoms with van der Waals surface area (Å²) in [5.41, 5.74) is 2.84. The van der Waals surface area contributed by atoms with Gasteiger partial charge in [0.15, 0.2) is 0 Å². The van der Waals surface area contributed by atoms with Crippen LogP contribution in [0.3, 0.4) is 0 Å². The van der Waals surface area contributed by atoms with Crippen molar-refractivity contribution in [3.8, 4) is 0 Å². The second-order valence-corrected chi connectivity index (χ2v) is 7.50. The fourth-order valence-electron chi connectivity index (χ4n) is 3.44. The molecular formula is C19H19F3INO. The Kier molecular flexibility index (Phi) is 5.70. The van der Waals surface area contributed by atoms with Gasteiger partial charge >= 0.3 is 6.18 Å². The van der Waals surface area contributed by atoms with Crippen molar-refractivity contribution in [2.75, 3.05) is 20.2 Å². The number of methoxy groups -OCH3 is 1. The maximum Gasteiger partial charge on any atom is 0.401 e. The molecule has 0 N–H and O–H groups in total. The van der Waals surface area contributed by atoms with Gasteiger partial charge in [-0.25, -0.2) is 0 Å². The Morgan fingerprint density at radius 1 is 1.12 bits per heavy atom. The Balaban J connectivity index is 2.10. The van der Waals surface area contributed by atoms with Gasteiger partial charge in [-0.2, -0.15) is 13.2 Å². The number of halogens is 4. The Morgan fingerprint density at radius 2 is 1.80 bits per heavy atom. The Hall–Kier alpha value is -1.12. The van der Waals surface area contributed by atoms with Gasteiger partial charge in [0.25, 0.3) is 0 Å². The predicted molar refractivity (Wildman–Crippen MR) is 99.6 cm³/mol. The molecule has 0 aliphatic carbocycles. The van der Waals surface area contributed by atoms with Crippen molar-refractivity contribution in [2.45, 2.75) is 24.7 Å². The maximum atomic E-state index is 13.2. The van der Waals surface area contributed by atoms with E-state index in [9.17, 15) is 13.2 Å². The van der Waals surface area contributed by atoms with Crippen LogP contribution in [0.5, 0.6) is 0 Å². The lowest BCUT2D eigenvalue weighted by Gasteiger charge is -2.33. The van der Waals surface area contributed by atoms with Gasteiger partial charge in [-0.1, -0.05) is 36.4 Å². The van der Waals surface area contributed by atoms with Crippen LogP contribution in [0.1, 0.15) is 22.7 Å². The quantitative estimate of drug-likeness (QED) is 0.609. The Morgan fingerprint density at radius 3 is 2.44 bits per heavy atom. The number of nitrogens with zero attached hydrogens (tertiary/aromatic N) is 1. The first kappa shape index (κ1) is 18.7. The normalized spacial score (nSPS) is 21.6. The topological polar surface area (TPSA) is 12.5 Å². The van der Waals surface area contributed by atoms with E-state index in [-0.39, 0.29) is 12.6 Å². The Labute approximate surface area is 159 Å².